The summed E-state index contributed by atoms with van der Waals surface area (Å²) in [6, 6.07) is 13.7. The molecule has 1 saturated heterocycles. The van der Waals surface area contributed by atoms with Crippen molar-refractivity contribution in [2.75, 3.05) is 51.8 Å². The fourth-order valence-electron chi connectivity index (χ4n) is 3.71. The minimum atomic E-state index is -3.59. The zero-order valence-corrected chi connectivity index (χ0v) is 18.5. The highest BCUT2D eigenvalue weighted by molar-refractivity contribution is 7.89. The molecule has 0 bridgehead atoms. The lowest BCUT2D eigenvalue weighted by Gasteiger charge is -2.35. The first-order valence-electron chi connectivity index (χ1n) is 9.94. The second kappa shape index (κ2) is 9.26. The van der Waals surface area contributed by atoms with Gasteiger partial charge in [0, 0.05) is 45.5 Å². The molecular weight excluding hydrogens is 386 g/mol. The van der Waals surface area contributed by atoms with E-state index in [4.69, 9.17) is 4.74 Å². The summed E-state index contributed by atoms with van der Waals surface area (Å²) in [5, 5.41) is 0. The molecule has 1 aliphatic rings. The molecular formula is C22H31N3O3S. The van der Waals surface area contributed by atoms with Crippen LogP contribution in [0.2, 0.25) is 0 Å². The van der Waals surface area contributed by atoms with E-state index in [1.54, 1.807) is 6.07 Å². The number of benzene rings is 2. The molecule has 6 nitrogen and oxygen atoms in total. The van der Waals surface area contributed by atoms with Crippen molar-refractivity contribution < 1.29 is 13.2 Å². The van der Waals surface area contributed by atoms with E-state index in [1.165, 1.54) is 0 Å². The summed E-state index contributed by atoms with van der Waals surface area (Å²) in [5.41, 5.74) is 4.02. The monoisotopic (exact) mass is 417 g/mol. The van der Waals surface area contributed by atoms with Gasteiger partial charge in [-0.3, -0.25) is 4.90 Å². The molecule has 1 heterocycles. The fourth-order valence-corrected chi connectivity index (χ4v) is 4.97. The lowest BCUT2D eigenvalue weighted by atomic mass is 10.0. The molecule has 158 valence electrons. The van der Waals surface area contributed by atoms with Gasteiger partial charge in [0.15, 0.2) is 0 Å². The zero-order chi connectivity index (χ0) is 21.0. The fraction of sp³-hybridized carbons (Fsp3) is 0.455. The van der Waals surface area contributed by atoms with Gasteiger partial charge in [0.2, 0.25) is 10.0 Å². The zero-order valence-electron chi connectivity index (χ0n) is 17.7. The van der Waals surface area contributed by atoms with Crippen molar-refractivity contribution >= 4 is 15.7 Å². The number of sulfonamides is 1. The Morgan fingerprint density at radius 1 is 1.07 bits per heavy atom. The van der Waals surface area contributed by atoms with Gasteiger partial charge in [0.25, 0.3) is 0 Å². The van der Waals surface area contributed by atoms with Crippen LogP contribution >= 0.6 is 0 Å². The first-order valence-corrected chi connectivity index (χ1v) is 11.4. The Morgan fingerprint density at radius 3 is 2.31 bits per heavy atom. The maximum atomic E-state index is 13.0. The molecule has 1 unspecified atom stereocenters. The van der Waals surface area contributed by atoms with Gasteiger partial charge in [-0.1, -0.05) is 29.8 Å². The number of rotatable bonds is 7. The molecule has 3 rings (SSSR count). The Kier molecular flexibility index (Phi) is 6.95. The molecule has 0 aliphatic carbocycles. The largest absolute Gasteiger partial charge is 0.379 e. The molecule has 0 aromatic heterocycles. The van der Waals surface area contributed by atoms with Crippen LogP contribution in [0.4, 0.5) is 5.69 Å². The number of aryl methyl sites for hydroxylation is 2. The van der Waals surface area contributed by atoms with E-state index in [2.05, 4.69) is 38.8 Å². The van der Waals surface area contributed by atoms with Gasteiger partial charge in [-0.05, 0) is 43.2 Å². The summed E-state index contributed by atoms with van der Waals surface area (Å²) in [5.74, 6) is 0. The van der Waals surface area contributed by atoms with Crippen LogP contribution < -0.4 is 9.62 Å². The maximum absolute atomic E-state index is 13.0. The predicted octanol–water partition coefficient (Wildman–Crippen LogP) is 2.72. The van der Waals surface area contributed by atoms with Crippen molar-refractivity contribution in [3.8, 4) is 0 Å². The van der Waals surface area contributed by atoms with Crippen molar-refractivity contribution in [2.24, 2.45) is 0 Å². The third-order valence-electron chi connectivity index (χ3n) is 5.37. The molecule has 1 N–H and O–H groups in total. The number of morpholine rings is 1. The quantitative estimate of drug-likeness (QED) is 0.751. The minimum Gasteiger partial charge on any atom is -0.379 e. The first-order chi connectivity index (χ1) is 13.8. The molecule has 1 aliphatic heterocycles. The normalized spacial score (nSPS) is 16.6. The molecule has 2 aromatic rings. The topological polar surface area (TPSA) is 61.9 Å². The summed E-state index contributed by atoms with van der Waals surface area (Å²) in [4.78, 5) is 4.68. The SMILES string of the molecule is Cc1ccc(S(=O)(=O)NCC(c2ccc(N(C)C)cc2)N2CCOCC2)c(C)c1. The Labute approximate surface area is 174 Å². The summed E-state index contributed by atoms with van der Waals surface area (Å²) in [7, 11) is 0.426. The van der Waals surface area contributed by atoms with Crippen LogP contribution in [0.25, 0.3) is 0 Å². The lowest BCUT2D eigenvalue weighted by molar-refractivity contribution is 0.0172. The van der Waals surface area contributed by atoms with E-state index in [0.29, 0.717) is 24.7 Å². The smallest absolute Gasteiger partial charge is 0.240 e. The molecule has 0 spiro atoms. The molecule has 2 aromatic carbocycles. The highest BCUT2D eigenvalue weighted by Gasteiger charge is 2.25. The van der Waals surface area contributed by atoms with Gasteiger partial charge in [-0.25, -0.2) is 13.1 Å². The second-order valence-electron chi connectivity index (χ2n) is 7.77. The van der Waals surface area contributed by atoms with Gasteiger partial charge in [0.1, 0.15) is 0 Å². The first kappa shape index (κ1) is 21.8. The molecule has 0 radical (unpaired) electrons. The van der Waals surface area contributed by atoms with Gasteiger partial charge in [-0.15, -0.1) is 0 Å². The van der Waals surface area contributed by atoms with Crippen molar-refractivity contribution in [3.05, 3.63) is 59.2 Å². The van der Waals surface area contributed by atoms with Crippen LogP contribution in [0.1, 0.15) is 22.7 Å². The standard InChI is InChI=1S/C22H31N3O3S/c1-17-5-10-22(18(2)15-17)29(26,27)23-16-21(25-11-13-28-14-12-25)19-6-8-20(9-7-19)24(3)4/h5-10,15,21,23H,11-14,16H2,1-4H3. The number of hydrogen-bond acceptors (Lipinski definition) is 5. The Balaban J connectivity index is 1.82. The van der Waals surface area contributed by atoms with E-state index in [1.807, 2.05) is 40.1 Å². The van der Waals surface area contributed by atoms with E-state index in [9.17, 15) is 8.42 Å². The van der Waals surface area contributed by atoms with E-state index in [0.717, 1.165) is 35.5 Å². The van der Waals surface area contributed by atoms with E-state index < -0.39 is 10.0 Å². The molecule has 0 saturated carbocycles. The van der Waals surface area contributed by atoms with Gasteiger partial charge in [0.05, 0.1) is 18.1 Å². The maximum Gasteiger partial charge on any atom is 0.240 e. The highest BCUT2D eigenvalue weighted by Crippen LogP contribution is 2.25. The molecule has 7 heteroatoms. The molecule has 1 atom stereocenters. The van der Waals surface area contributed by atoms with Crippen LogP contribution in [0, 0.1) is 13.8 Å². The molecule has 1 fully saturated rings. The number of nitrogens with zero attached hydrogens (tertiary/aromatic N) is 2. The van der Waals surface area contributed by atoms with Crippen LogP contribution in [-0.2, 0) is 14.8 Å². The second-order valence-corrected chi connectivity index (χ2v) is 9.51. The Bertz CT molecular complexity index is 921. The van der Waals surface area contributed by atoms with Crippen LogP contribution in [-0.4, -0.2) is 60.3 Å². The van der Waals surface area contributed by atoms with Crippen molar-refractivity contribution in [3.63, 3.8) is 0 Å². The lowest BCUT2D eigenvalue weighted by Crippen LogP contribution is -2.43. The van der Waals surface area contributed by atoms with Crippen molar-refractivity contribution in [2.45, 2.75) is 24.8 Å². The minimum absolute atomic E-state index is 0.0457. The third-order valence-corrected chi connectivity index (χ3v) is 6.95. The van der Waals surface area contributed by atoms with E-state index >= 15 is 0 Å². The Morgan fingerprint density at radius 2 is 1.72 bits per heavy atom. The average Bonchev–Trinajstić information content (AvgIpc) is 2.69. The number of hydrogen-bond donors (Lipinski definition) is 1. The summed E-state index contributed by atoms with van der Waals surface area (Å²) >= 11 is 0. The Hall–Kier alpha value is -1.93. The van der Waals surface area contributed by atoms with Crippen LogP contribution in [0.3, 0.4) is 0 Å². The highest BCUT2D eigenvalue weighted by atomic mass is 32.2. The number of nitrogens with one attached hydrogen (secondary N) is 1. The molecule has 0 amide bonds. The summed E-state index contributed by atoms with van der Waals surface area (Å²) in [6.45, 7) is 7.00. The van der Waals surface area contributed by atoms with Gasteiger partial charge >= 0.3 is 0 Å². The van der Waals surface area contributed by atoms with E-state index in [-0.39, 0.29) is 6.04 Å². The van der Waals surface area contributed by atoms with Crippen LogP contribution in [0.15, 0.2) is 47.4 Å². The molecule has 29 heavy (non-hydrogen) atoms. The van der Waals surface area contributed by atoms with Crippen LogP contribution in [0.5, 0.6) is 0 Å². The summed E-state index contributed by atoms with van der Waals surface area (Å²) in [6.07, 6.45) is 0. The van der Waals surface area contributed by atoms with Gasteiger partial charge in [-0.2, -0.15) is 0 Å². The van der Waals surface area contributed by atoms with Crippen molar-refractivity contribution in [1.82, 2.24) is 9.62 Å². The van der Waals surface area contributed by atoms with Gasteiger partial charge < -0.3 is 9.64 Å². The number of ether oxygens (including phenoxy) is 1. The third kappa shape index (κ3) is 5.36. The summed E-state index contributed by atoms with van der Waals surface area (Å²) < 4.78 is 34.3. The predicted molar refractivity (Wildman–Crippen MR) is 117 cm³/mol. The number of anilines is 1. The average molecular weight is 418 g/mol. The van der Waals surface area contributed by atoms with Crippen molar-refractivity contribution in [1.29, 1.82) is 0 Å².